The summed E-state index contributed by atoms with van der Waals surface area (Å²) in [6.07, 6.45) is 2.46. The van der Waals surface area contributed by atoms with Gasteiger partial charge in [0.2, 0.25) is 5.91 Å². The molecule has 1 unspecified atom stereocenters. The Morgan fingerprint density at radius 1 is 1.50 bits per heavy atom. The van der Waals surface area contributed by atoms with E-state index in [1.807, 2.05) is 37.2 Å². The van der Waals surface area contributed by atoms with E-state index in [0.717, 1.165) is 18.8 Å². The molecule has 1 aliphatic heterocycles. The van der Waals surface area contributed by atoms with E-state index < -0.39 is 0 Å². The van der Waals surface area contributed by atoms with Crippen molar-refractivity contribution in [3.63, 3.8) is 0 Å². The molecule has 1 aliphatic rings. The molecule has 1 fully saturated rings. The summed E-state index contributed by atoms with van der Waals surface area (Å²) in [7, 11) is 4.09. The Hall–Kier alpha value is -1.61. The molecule has 1 saturated heterocycles. The largest absolute Gasteiger partial charge is 0.312 e. The van der Waals surface area contributed by atoms with Crippen molar-refractivity contribution in [3.05, 3.63) is 42.5 Å². The number of carbonyl (C=O) groups is 1. The fourth-order valence-corrected chi connectivity index (χ4v) is 2.33. The van der Waals surface area contributed by atoms with Crippen LogP contribution in [0.25, 0.3) is 0 Å². The van der Waals surface area contributed by atoms with Crippen molar-refractivity contribution in [2.24, 2.45) is 5.92 Å². The number of nitrogens with zero attached hydrogens (tertiary/aromatic N) is 2. The SMILES string of the molecule is C=CC1CC(=O)N(c2cccc(CN(C)C)c2)C1. The highest BCUT2D eigenvalue weighted by Crippen LogP contribution is 2.26. The fourth-order valence-electron chi connectivity index (χ4n) is 2.33. The number of benzene rings is 1. The second-order valence-corrected chi connectivity index (χ2v) is 5.11. The topological polar surface area (TPSA) is 23.6 Å². The van der Waals surface area contributed by atoms with Crippen LogP contribution in [0.4, 0.5) is 5.69 Å². The number of hydrogen-bond donors (Lipinski definition) is 0. The molecule has 1 atom stereocenters. The minimum absolute atomic E-state index is 0.196. The first-order valence-corrected chi connectivity index (χ1v) is 6.26. The molecular weight excluding hydrogens is 224 g/mol. The van der Waals surface area contributed by atoms with Crippen molar-refractivity contribution in [2.45, 2.75) is 13.0 Å². The Balaban J connectivity index is 2.18. The molecule has 1 heterocycles. The molecule has 3 heteroatoms. The maximum atomic E-state index is 11.9. The van der Waals surface area contributed by atoms with E-state index >= 15 is 0 Å². The average Bonchev–Trinajstić information content (AvgIpc) is 2.70. The Bertz CT molecular complexity index is 454. The molecule has 0 saturated carbocycles. The van der Waals surface area contributed by atoms with Crippen molar-refractivity contribution >= 4 is 11.6 Å². The van der Waals surface area contributed by atoms with Crippen LogP contribution in [0.2, 0.25) is 0 Å². The van der Waals surface area contributed by atoms with Gasteiger partial charge in [0.15, 0.2) is 0 Å². The minimum Gasteiger partial charge on any atom is -0.312 e. The first-order valence-electron chi connectivity index (χ1n) is 6.26. The Morgan fingerprint density at radius 2 is 2.28 bits per heavy atom. The van der Waals surface area contributed by atoms with E-state index in [0.29, 0.717) is 6.42 Å². The smallest absolute Gasteiger partial charge is 0.227 e. The average molecular weight is 244 g/mol. The standard InChI is InChI=1S/C15H20N2O/c1-4-12-9-15(18)17(11-12)14-7-5-6-13(8-14)10-16(2)3/h4-8,12H,1,9-11H2,2-3H3. The molecule has 1 amide bonds. The van der Waals surface area contributed by atoms with Gasteiger partial charge in [0, 0.05) is 31.1 Å². The highest BCUT2D eigenvalue weighted by atomic mass is 16.2. The Labute approximate surface area is 109 Å². The zero-order valence-electron chi connectivity index (χ0n) is 11.1. The molecular formula is C15H20N2O. The van der Waals surface area contributed by atoms with Gasteiger partial charge in [-0.3, -0.25) is 4.79 Å². The molecule has 0 radical (unpaired) electrons. The molecule has 3 nitrogen and oxygen atoms in total. The van der Waals surface area contributed by atoms with Crippen LogP contribution in [0, 0.1) is 5.92 Å². The van der Waals surface area contributed by atoms with Crippen LogP contribution < -0.4 is 4.90 Å². The molecule has 1 aromatic rings. The van der Waals surface area contributed by atoms with Gasteiger partial charge in [-0.15, -0.1) is 6.58 Å². The molecule has 0 spiro atoms. The lowest BCUT2D eigenvalue weighted by Crippen LogP contribution is -2.24. The molecule has 0 aromatic heterocycles. The molecule has 1 aromatic carbocycles. The molecule has 0 aliphatic carbocycles. The van der Waals surface area contributed by atoms with E-state index in [1.165, 1.54) is 5.56 Å². The number of carbonyl (C=O) groups excluding carboxylic acids is 1. The van der Waals surface area contributed by atoms with E-state index in [4.69, 9.17) is 0 Å². The number of anilines is 1. The van der Waals surface area contributed by atoms with Gasteiger partial charge in [0.25, 0.3) is 0 Å². The summed E-state index contributed by atoms with van der Waals surface area (Å²) in [5.74, 6) is 0.483. The Morgan fingerprint density at radius 3 is 2.89 bits per heavy atom. The Kier molecular flexibility index (Phi) is 3.82. The van der Waals surface area contributed by atoms with E-state index in [9.17, 15) is 4.79 Å². The summed E-state index contributed by atoms with van der Waals surface area (Å²) >= 11 is 0. The van der Waals surface area contributed by atoms with Gasteiger partial charge in [0.1, 0.15) is 0 Å². The second kappa shape index (κ2) is 5.36. The molecule has 96 valence electrons. The van der Waals surface area contributed by atoms with Crippen molar-refractivity contribution in [2.75, 3.05) is 25.5 Å². The molecule has 2 rings (SSSR count). The lowest BCUT2D eigenvalue weighted by Gasteiger charge is -2.18. The maximum absolute atomic E-state index is 11.9. The highest BCUT2D eigenvalue weighted by Gasteiger charge is 2.28. The van der Waals surface area contributed by atoms with Crippen molar-refractivity contribution in [1.82, 2.24) is 4.90 Å². The van der Waals surface area contributed by atoms with Gasteiger partial charge in [-0.05, 0) is 31.8 Å². The zero-order valence-corrected chi connectivity index (χ0v) is 11.1. The number of rotatable bonds is 4. The highest BCUT2D eigenvalue weighted by molar-refractivity contribution is 5.96. The van der Waals surface area contributed by atoms with Crippen molar-refractivity contribution in [3.8, 4) is 0 Å². The number of amides is 1. The zero-order chi connectivity index (χ0) is 13.1. The summed E-state index contributed by atoms with van der Waals surface area (Å²) in [5.41, 5.74) is 2.23. The van der Waals surface area contributed by atoms with Crippen LogP contribution in [0.15, 0.2) is 36.9 Å². The van der Waals surface area contributed by atoms with Crippen LogP contribution in [0.5, 0.6) is 0 Å². The van der Waals surface area contributed by atoms with Gasteiger partial charge in [-0.1, -0.05) is 18.2 Å². The minimum atomic E-state index is 0.196. The van der Waals surface area contributed by atoms with Crippen LogP contribution in [0.3, 0.4) is 0 Å². The van der Waals surface area contributed by atoms with Gasteiger partial charge >= 0.3 is 0 Å². The third-order valence-corrected chi connectivity index (χ3v) is 3.21. The lowest BCUT2D eigenvalue weighted by molar-refractivity contribution is -0.117. The first kappa shape index (κ1) is 12.8. The first-order chi connectivity index (χ1) is 8.60. The predicted molar refractivity (Wildman–Crippen MR) is 74.5 cm³/mol. The maximum Gasteiger partial charge on any atom is 0.227 e. The van der Waals surface area contributed by atoms with Crippen LogP contribution >= 0.6 is 0 Å². The third-order valence-electron chi connectivity index (χ3n) is 3.21. The lowest BCUT2D eigenvalue weighted by atomic mass is 10.1. The predicted octanol–water partition coefficient (Wildman–Crippen LogP) is 2.29. The quantitative estimate of drug-likeness (QED) is 0.759. The van der Waals surface area contributed by atoms with E-state index in [2.05, 4.69) is 23.6 Å². The van der Waals surface area contributed by atoms with Gasteiger partial charge in [-0.2, -0.15) is 0 Å². The van der Waals surface area contributed by atoms with Crippen molar-refractivity contribution in [1.29, 1.82) is 0 Å². The molecule has 0 bridgehead atoms. The summed E-state index contributed by atoms with van der Waals surface area (Å²) < 4.78 is 0. The summed E-state index contributed by atoms with van der Waals surface area (Å²) in [6.45, 7) is 5.42. The van der Waals surface area contributed by atoms with Gasteiger partial charge in [-0.25, -0.2) is 0 Å². The molecule has 0 N–H and O–H groups in total. The fraction of sp³-hybridized carbons (Fsp3) is 0.400. The normalized spacial score (nSPS) is 19.6. The van der Waals surface area contributed by atoms with Crippen LogP contribution in [-0.4, -0.2) is 31.4 Å². The van der Waals surface area contributed by atoms with Crippen molar-refractivity contribution < 1.29 is 4.79 Å². The van der Waals surface area contributed by atoms with Crippen LogP contribution in [0.1, 0.15) is 12.0 Å². The second-order valence-electron chi connectivity index (χ2n) is 5.11. The summed E-state index contributed by atoms with van der Waals surface area (Å²) in [4.78, 5) is 15.9. The molecule has 18 heavy (non-hydrogen) atoms. The summed E-state index contributed by atoms with van der Waals surface area (Å²) in [5, 5.41) is 0. The third kappa shape index (κ3) is 2.79. The monoisotopic (exact) mass is 244 g/mol. The van der Waals surface area contributed by atoms with Gasteiger partial charge < -0.3 is 9.80 Å². The number of hydrogen-bond acceptors (Lipinski definition) is 2. The van der Waals surface area contributed by atoms with E-state index in [-0.39, 0.29) is 11.8 Å². The van der Waals surface area contributed by atoms with Gasteiger partial charge in [0.05, 0.1) is 0 Å². The van der Waals surface area contributed by atoms with Crippen LogP contribution in [-0.2, 0) is 11.3 Å². The van der Waals surface area contributed by atoms with E-state index in [1.54, 1.807) is 0 Å². The summed E-state index contributed by atoms with van der Waals surface area (Å²) in [6, 6.07) is 8.21.